The van der Waals surface area contributed by atoms with Gasteiger partial charge in [-0.05, 0) is 24.6 Å². The van der Waals surface area contributed by atoms with Gasteiger partial charge in [0.05, 0.1) is 5.69 Å². The summed E-state index contributed by atoms with van der Waals surface area (Å²) in [5, 5.41) is 3.45. The van der Waals surface area contributed by atoms with Crippen molar-refractivity contribution in [2.45, 2.75) is 13.5 Å². The Labute approximate surface area is 91.5 Å². The summed E-state index contributed by atoms with van der Waals surface area (Å²) >= 11 is 0. The smallest absolute Gasteiger partial charge is 0.0543 e. The maximum atomic E-state index is 4.37. The molecule has 0 radical (unpaired) electrons. The molecule has 2 heterocycles. The van der Waals surface area contributed by atoms with E-state index in [1.807, 2.05) is 12.3 Å². The van der Waals surface area contributed by atoms with Crippen LogP contribution in [0.15, 0.2) is 24.4 Å². The highest BCUT2D eigenvalue weighted by Crippen LogP contribution is 2.06. The molecule has 0 bridgehead atoms. The first-order chi connectivity index (χ1) is 7.34. The quantitative estimate of drug-likeness (QED) is 0.784. The van der Waals surface area contributed by atoms with Crippen molar-refractivity contribution < 1.29 is 0 Å². The molecule has 3 nitrogen and oxygen atoms in total. The molecule has 82 valence electrons. The number of hydrogen-bond donors (Lipinski definition) is 1. The number of pyridine rings is 1. The minimum atomic E-state index is 0.733. The van der Waals surface area contributed by atoms with Crippen molar-refractivity contribution in [2.24, 2.45) is 5.92 Å². The van der Waals surface area contributed by atoms with Crippen molar-refractivity contribution >= 4 is 0 Å². The van der Waals surface area contributed by atoms with E-state index in [1.165, 1.54) is 12.2 Å². The molecule has 1 aliphatic heterocycles. The van der Waals surface area contributed by atoms with Crippen LogP contribution in [0.4, 0.5) is 0 Å². The highest BCUT2D eigenvalue weighted by Gasteiger charge is 2.14. The predicted octanol–water partition coefficient (Wildman–Crippen LogP) is 1.12. The maximum Gasteiger partial charge on any atom is 0.0543 e. The van der Waals surface area contributed by atoms with Crippen molar-refractivity contribution in [1.29, 1.82) is 0 Å². The molecule has 0 saturated carbocycles. The Morgan fingerprint density at radius 1 is 1.53 bits per heavy atom. The molecule has 0 aromatic carbocycles. The van der Waals surface area contributed by atoms with Gasteiger partial charge in [0.1, 0.15) is 0 Å². The largest absolute Gasteiger partial charge is 0.315 e. The molecule has 3 heteroatoms. The SMILES string of the molecule is CC1CNCCN(Cc2ccccn2)C1. The van der Waals surface area contributed by atoms with Crippen LogP contribution in [0.3, 0.4) is 0 Å². The molecule has 1 N–H and O–H groups in total. The Kier molecular flexibility index (Phi) is 3.69. The summed E-state index contributed by atoms with van der Waals surface area (Å²) in [5.41, 5.74) is 1.17. The summed E-state index contributed by atoms with van der Waals surface area (Å²) in [7, 11) is 0. The first kappa shape index (κ1) is 10.6. The standard InChI is InChI=1S/C12H19N3/c1-11-8-13-6-7-15(9-11)10-12-4-2-3-5-14-12/h2-5,11,13H,6-10H2,1H3. The van der Waals surface area contributed by atoms with E-state index >= 15 is 0 Å². The predicted molar refractivity (Wildman–Crippen MR) is 61.5 cm³/mol. The Bertz CT molecular complexity index is 286. The molecule has 1 aromatic heterocycles. The lowest BCUT2D eigenvalue weighted by Gasteiger charge is -2.21. The van der Waals surface area contributed by atoms with E-state index in [9.17, 15) is 0 Å². The zero-order valence-corrected chi connectivity index (χ0v) is 9.32. The lowest BCUT2D eigenvalue weighted by molar-refractivity contribution is 0.254. The highest BCUT2D eigenvalue weighted by atomic mass is 15.2. The normalized spacial score (nSPS) is 23.7. The summed E-state index contributed by atoms with van der Waals surface area (Å²) in [4.78, 5) is 6.85. The molecule has 1 aliphatic rings. The van der Waals surface area contributed by atoms with Crippen molar-refractivity contribution in [2.75, 3.05) is 26.2 Å². The molecule has 15 heavy (non-hydrogen) atoms. The molecule has 1 saturated heterocycles. The topological polar surface area (TPSA) is 28.2 Å². The Hall–Kier alpha value is -0.930. The Balaban J connectivity index is 1.93. The highest BCUT2D eigenvalue weighted by molar-refractivity contribution is 5.03. The Morgan fingerprint density at radius 3 is 3.27 bits per heavy atom. The second-order valence-corrected chi connectivity index (χ2v) is 4.37. The first-order valence-electron chi connectivity index (χ1n) is 5.67. The number of aromatic nitrogens is 1. The Morgan fingerprint density at radius 2 is 2.47 bits per heavy atom. The van der Waals surface area contributed by atoms with Crippen LogP contribution in [-0.4, -0.2) is 36.1 Å². The monoisotopic (exact) mass is 205 g/mol. The summed E-state index contributed by atoms with van der Waals surface area (Å²) in [5.74, 6) is 0.733. The van der Waals surface area contributed by atoms with Gasteiger partial charge in [-0.15, -0.1) is 0 Å². The molecule has 1 fully saturated rings. The number of hydrogen-bond acceptors (Lipinski definition) is 3. The van der Waals surface area contributed by atoms with Crippen molar-refractivity contribution in [3.8, 4) is 0 Å². The van der Waals surface area contributed by atoms with Gasteiger partial charge in [0.2, 0.25) is 0 Å². The molecule has 0 amide bonds. The molecule has 0 spiro atoms. The van der Waals surface area contributed by atoms with Gasteiger partial charge >= 0.3 is 0 Å². The van der Waals surface area contributed by atoms with Gasteiger partial charge in [-0.1, -0.05) is 13.0 Å². The summed E-state index contributed by atoms with van der Waals surface area (Å²) in [6, 6.07) is 6.13. The number of rotatable bonds is 2. The molecular weight excluding hydrogens is 186 g/mol. The second kappa shape index (κ2) is 5.24. The molecular formula is C12H19N3. The summed E-state index contributed by atoms with van der Waals surface area (Å²) in [6.07, 6.45) is 1.87. The first-order valence-corrected chi connectivity index (χ1v) is 5.67. The van der Waals surface area contributed by atoms with E-state index in [0.717, 1.165) is 32.1 Å². The third-order valence-electron chi connectivity index (χ3n) is 2.78. The zero-order valence-electron chi connectivity index (χ0n) is 9.32. The number of nitrogens with zero attached hydrogens (tertiary/aromatic N) is 2. The number of nitrogens with one attached hydrogen (secondary N) is 1. The van der Waals surface area contributed by atoms with Gasteiger partial charge in [-0.3, -0.25) is 9.88 Å². The van der Waals surface area contributed by atoms with Crippen LogP contribution in [0.5, 0.6) is 0 Å². The second-order valence-electron chi connectivity index (χ2n) is 4.37. The van der Waals surface area contributed by atoms with E-state index in [-0.39, 0.29) is 0 Å². The molecule has 1 atom stereocenters. The fourth-order valence-corrected chi connectivity index (χ4v) is 2.05. The molecule has 2 rings (SSSR count). The van der Waals surface area contributed by atoms with Gasteiger partial charge in [-0.2, -0.15) is 0 Å². The van der Waals surface area contributed by atoms with Crippen LogP contribution in [0.1, 0.15) is 12.6 Å². The van der Waals surface area contributed by atoms with Crippen LogP contribution >= 0.6 is 0 Å². The zero-order chi connectivity index (χ0) is 10.5. The lowest BCUT2D eigenvalue weighted by Crippen LogP contribution is -2.29. The van der Waals surface area contributed by atoms with E-state index in [4.69, 9.17) is 0 Å². The fraction of sp³-hybridized carbons (Fsp3) is 0.583. The third-order valence-corrected chi connectivity index (χ3v) is 2.78. The van der Waals surface area contributed by atoms with Crippen LogP contribution in [0.2, 0.25) is 0 Å². The minimum absolute atomic E-state index is 0.733. The maximum absolute atomic E-state index is 4.37. The molecule has 1 aromatic rings. The molecule has 0 aliphatic carbocycles. The average Bonchev–Trinajstić information content (AvgIpc) is 2.44. The van der Waals surface area contributed by atoms with Crippen molar-refractivity contribution in [1.82, 2.24) is 15.2 Å². The van der Waals surface area contributed by atoms with E-state index in [2.05, 4.69) is 34.3 Å². The summed E-state index contributed by atoms with van der Waals surface area (Å²) in [6.45, 7) is 7.80. The van der Waals surface area contributed by atoms with Crippen molar-refractivity contribution in [3.05, 3.63) is 30.1 Å². The van der Waals surface area contributed by atoms with Crippen molar-refractivity contribution in [3.63, 3.8) is 0 Å². The fourth-order valence-electron chi connectivity index (χ4n) is 2.05. The third kappa shape index (κ3) is 3.29. The van der Waals surface area contributed by atoms with Crippen LogP contribution in [0.25, 0.3) is 0 Å². The van der Waals surface area contributed by atoms with Gasteiger partial charge in [-0.25, -0.2) is 0 Å². The van der Waals surface area contributed by atoms with E-state index in [1.54, 1.807) is 0 Å². The van der Waals surface area contributed by atoms with Gasteiger partial charge in [0, 0.05) is 32.4 Å². The lowest BCUT2D eigenvalue weighted by atomic mass is 10.2. The minimum Gasteiger partial charge on any atom is -0.315 e. The van der Waals surface area contributed by atoms with Gasteiger partial charge in [0.15, 0.2) is 0 Å². The summed E-state index contributed by atoms with van der Waals surface area (Å²) < 4.78 is 0. The van der Waals surface area contributed by atoms with Crippen LogP contribution in [0, 0.1) is 5.92 Å². The van der Waals surface area contributed by atoms with Crippen LogP contribution < -0.4 is 5.32 Å². The van der Waals surface area contributed by atoms with E-state index < -0.39 is 0 Å². The van der Waals surface area contributed by atoms with Crippen LogP contribution in [-0.2, 0) is 6.54 Å². The van der Waals surface area contributed by atoms with Gasteiger partial charge < -0.3 is 5.32 Å². The average molecular weight is 205 g/mol. The molecule has 1 unspecified atom stereocenters. The van der Waals surface area contributed by atoms with E-state index in [0.29, 0.717) is 0 Å². The van der Waals surface area contributed by atoms with Gasteiger partial charge in [0.25, 0.3) is 0 Å².